The van der Waals surface area contributed by atoms with Crippen molar-refractivity contribution in [3.63, 3.8) is 0 Å². The SMILES string of the molecule is C=CCC1(C)CCC(/C(C=C(C)C)=C/C)C1. The lowest BCUT2D eigenvalue weighted by Gasteiger charge is -2.22. The fourth-order valence-electron chi connectivity index (χ4n) is 2.91. The molecule has 0 bridgehead atoms. The second-order valence-electron chi connectivity index (χ2n) is 5.75. The van der Waals surface area contributed by atoms with Gasteiger partial charge in [-0.1, -0.05) is 30.7 Å². The van der Waals surface area contributed by atoms with Crippen molar-refractivity contribution < 1.29 is 0 Å². The van der Waals surface area contributed by atoms with Gasteiger partial charge in [0.1, 0.15) is 0 Å². The average molecular weight is 218 g/mol. The minimum absolute atomic E-state index is 0.496. The molecule has 0 saturated heterocycles. The highest BCUT2D eigenvalue weighted by Crippen LogP contribution is 2.47. The Kier molecular flexibility index (Phi) is 4.58. The third-order valence-electron chi connectivity index (χ3n) is 3.73. The van der Waals surface area contributed by atoms with Gasteiger partial charge in [0, 0.05) is 0 Å². The van der Waals surface area contributed by atoms with E-state index < -0.39 is 0 Å². The molecule has 16 heavy (non-hydrogen) atoms. The predicted molar refractivity (Wildman–Crippen MR) is 73.5 cm³/mol. The first-order valence-corrected chi connectivity index (χ1v) is 6.43. The zero-order valence-electron chi connectivity index (χ0n) is 11.3. The van der Waals surface area contributed by atoms with E-state index in [4.69, 9.17) is 0 Å². The Morgan fingerprint density at radius 2 is 2.12 bits per heavy atom. The molecule has 0 nitrogen and oxygen atoms in total. The van der Waals surface area contributed by atoms with Crippen molar-refractivity contribution in [2.24, 2.45) is 11.3 Å². The standard InChI is InChI=1S/C16H26/c1-6-9-16(5)10-8-15(12-16)14(7-2)11-13(3)4/h6-7,11,15H,1,8-10,12H2,2-5H3/b14-7+. The molecular formula is C16H26. The second-order valence-corrected chi connectivity index (χ2v) is 5.75. The van der Waals surface area contributed by atoms with Crippen LogP contribution in [0.5, 0.6) is 0 Å². The highest BCUT2D eigenvalue weighted by Gasteiger charge is 2.34. The van der Waals surface area contributed by atoms with Gasteiger partial charge in [0.15, 0.2) is 0 Å². The summed E-state index contributed by atoms with van der Waals surface area (Å²) in [5, 5.41) is 0. The summed E-state index contributed by atoms with van der Waals surface area (Å²) >= 11 is 0. The summed E-state index contributed by atoms with van der Waals surface area (Å²) < 4.78 is 0. The first-order chi connectivity index (χ1) is 7.50. The van der Waals surface area contributed by atoms with Crippen molar-refractivity contribution in [3.8, 4) is 0 Å². The molecule has 0 spiro atoms. The van der Waals surface area contributed by atoms with Crippen LogP contribution < -0.4 is 0 Å². The monoisotopic (exact) mass is 218 g/mol. The first-order valence-electron chi connectivity index (χ1n) is 6.43. The molecule has 2 atom stereocenters. The molecule has 90 valence electrons. The summed E-state index contributed by atoms with van der Waals surface area (Å²) in [5.74, 6) is 0.768. The topological polar surface area (TPSA) is 0 Å². The summed E-state index contributed by atoms with van der Waals surface area (Å²) in [6.07, 6.45) is 11.9. The molecule has 1 aliphatic carbocycles. The molecule has 0 N–H and O–H groups in total. The highest BCUT2D eigenvalue weighted by atomic mass is 14.4. The highest BCUT2D eigenvalue weighted by molar-refractivity contribution is 5.25. The third-order valence-corrected chi connectivity index (χ3v) is 3.73. The minimum Gasteiger partial charge on any atom is -0.103 e. The summed E-state index contributed by atoms with van der Waals surface area (Å²) in [5.41, 5.74) is 3.44. The number of allylic oxidation sites excluding steroid dienone is 5. The van der Waals surface area contributed by atoms with Crippen molar-refractivity contribution in [2.45, 2.75) is 53.4 Å². The maximum absolute atomic E-state index is 3.88. The van der Waals surface area contributed by atoms with Crippen LogP contribution in [0.3, 0.4) is 0 Å². The lowest BCUT2D eigenvalue weighted by molar-refractivity contribution is 0.332. The quantitative estimate of drug-likeness (QED) is 0.445. The van der Waals surface area contributed by atoms with E-state index in [-0.39, 0.29) is 0 Å². The van der Waals surface area contributed by atoms with Gasteiger partial charge in [0.25, 0.3) is 0 Å². The molecule has 0 heterocycles. The fraction of sp³-hybridized carbons (Fsp3) is 0.625. The summed E-state index contributed by atoms with van der Waals surface area (Å²) in [6.45, 7) is 12.8. The molecular weight excluding hydrogens is 192 g/mol. The molecule has 1 rings (SSSR count). The maximum Gasteiger partial charge on any atom is -0.0160 e. The molecule has 0 aliphatic heterocycles. The van der Waals surface area contributed by atoms with E-state index in [1.165, 1.54) is 30.4 Å². The van der Waals surface area contributed by atoms with Crippen LogP contribution in [0.15, 0.2) is 36.0 Å². The van der Waals surface area contributed by atoms with Gasteiger partial charge < -0.3 is 0 Å². The van der Waals surface area contributed by atoms with Crippen LogP contribution in [-0.4, -0.2) is 0 Å². The van der Waals surface area contributed by atoms with Crippen molar-refractivity contribution in [1.29, 1.82) is 0 Å². The number of hydrogen-bond donors (Lipinski definition) is 0. The summed E-state index contributed by atoms with van der Waals surface area (Å²) in [4.78, 5) is 0. The molecule has 0 amide bonds. The van der Waals surface area contributed by atoms with E-state index in [9.17, 15) is 0 Å². The molecule has 0 heteroatoms. The summed E-state index contributed by atoms with van der Waals surface area (Å²) in [7, 11) is 0. The lowest BCUT2D eigenvalue weighted by atomic mass is 9.83. The van der Waals surface area contributed by atoms with Gasteiger partial charge in [-0.05, 0) is 63.4 Å². The fourth-order valence-corrected chi connectivity index (χ4v) is 2.91. The van der Waals surface area contributed by atoms with Gasteiger partial charge >= 0.3 is 0 Å². The number of rotatable bonds is 4. The average Bonchev–Trinajstić information content (AvgIpc) is 2.57. The van der Waals surface area contributed by atoms with Crippen LogP contribution in [0.25, 0.3) is 0 Å². The largest absolute Gasteiger partial charge is 0.103 e. The van der Waals surface area contributed by atoms with Gasteiger partial charge in [-0.3, -0.25) is 0 Å². The van der Waals surface area contributed by atoms with Gasteiger partial charge in [0.05, 0.1) is 0 Å². The smallest absolute Gasteiger partial charge is 0.0160 e. The Bertz CT molecular complexity index is 302. The molecule has 2 unspecified atom stereocenters. The molecule has 1 fully saturated rings. The van der Waals surface area contributed by atoms with E-state index >= 15 is 0 Å². The third kappa shape index (κ3) is 3.37. The van der Waals surface area contributed by atoms with E-state index in [2.05, 4.69) is 52.5 Å². The van der Waals surface area contributed by atoms with E-state index in [1.807, 2.05) is 0 Å². The van der Waals surface area contributed by atoms with Crippen molar-refractivity contribution in [2.75, 3.05) is 0 Å². The Hall–Kier alpha value is -0.780. The Balaban J connectivity index is 2.71. The van der Waals surface area contributed by atoms with Gasteiger partial charge in [-0.2, -0.15) is 0 Å². The van der Waals surface area contributed by atoms with Crippen LogP contribution in [0.2, 0.25) is 0 Å². The van der Waals surface area contributed by atoms with Crippen LogP contribution in [0.1, 0.15) is 53.4 Å². The van der Waals surface area contributed by atoms with E-state index in [1.54, 1.807) is 0 Å². The molecule has 1 saturated carbocycles. The molecule has 0 radical (unpaired) electrons. The Labute approximate surface area is 101 Å². The van der Waals surface area contributed by atoms with Crippen molar-refractivity contribution >= 4 is 0 Å². The maximum atomic E-state index is 3.88. The first kappa shape index (κ1) is 13.3. The normalized spacial score (nSPS) is 30.2. The van der Waals surface area contributed by atoms with Gasteiger partial charge in [0.2, 0.25) is 0 Å². The minimum atomic E-state index is 0.496. The van der Waals surface area contributed by atoms with Crippen molar-refractivity contribution in [1.82, 2.24) is 0 Å². The van der Waals surface area contributed by atoms with Crippen LogP contribution in [0.4, 0.5) is 0 Å². The van der Waals surface area contributed by atoms with Crippen LogP contribution >= 0.6 is 0 Å². The van der Waals surface area contributed by atoms with Gasteiger partial charge in [-0.15, -0.1) is 6.58 Å². The lowest BCUT2D eigenvalue weighted by Crippen LogP contribution is -2.10. The van der Waals surface area contributed by atoms with E-state index in [0.29, 0.717) is 5.41 Å². The molecule has 0 aromatic rings. The molecule has 1 aliphatic rings. The van der Waals surface area contributed by atoms with Crippen LogP contribution in [0, 0.1) is 11.3 Å². The molecule has 0 aromatic carbocycles. The molecule has 0 aromatic heterocycles. The van der Waals surface area contributed by atoms with Gasteiger partial charge in [-0.25, -0.2) is 0 Å². The van der Waals surface area contributed by atoms with Crippen molar-refractivity contribution in [3.05, 3.63) is 36.0 Å². The zero-order chi connectivity index (χ0) is 12.2. The van der Waals surface area contributed by atoms with E-state index in [0.717, 1.165) is 12.3 Å². The second kappa shape index (κ2) is 5.52. The predicted octanol–water partition coefficient (Wildman–Crippen LogP) is 5.28. The van der Waals surface area contributed by atoms with Crippen LogP contribution in [-0.2, 0) is 0 Å². The Morgan fingerprint density at radius 3 is 2.62 bits per heavy atom. The zero-order valence-corrected chi connectivity index (χ0v) is 11.3. The summed E-state index contributed by atoms with van der Waals surface area (Å²) in [6, 6.07) is 0. The Morgan fingerprint density at radius 1 is 1.44 bits per heavy atom. The number of hydrogen-bond acceptors (Lipinski definition) is 0.